The predicted octanol–water partition coefficient (Wildman–Crippen LogP) is 1.45. The molecule has 0 aromatic carbocycles. The fourth-order valence-corrected chi connectivity index (χ4v) is 1.19. The number of alkyl halides is 2. The van der Waals surface area contributed by atoms with Gasteiger partial charge in [0, 0.05) is 6.07 Å². The number of pyridine rings is 1. The van der Waals surface area contributed by atoms with Crippen molar-refractivity contribution in [2.45, 2.75) is 12.8 Å². The molecule has 0 aliphatic carbocycles. The lowest BCUT2D eigenvalue weighted by molar-refractivity contribution is -0.139. The summed E-state index contributed by atoms with van der Waals surface area (Å²) in [5.74, 6) is -1.29. The standard InChI is InChI=1S/C10H11F2NO4/c1-16-7-3-6(10(11)12)13-5(9(7)15)4-8(14)17-2/h3,10,15H,4H2,1-2H3. The molecule has 0 saturated carbocycles. The third kappa shape index (κ3) is 3.02. The first kappa shape index (κ1) is 13.1. The second-order valence-corrected chi connectivity index (χ2v) is 3.10. The zero-order valence-corrected chi connectivity index (χ0v) is 9.24. The van der Waals surface area contributed by atoms with Gasteiger partial charge in [0.05, 0.1) is 26.3 Å². The quantitative estimate of drug-likeness (QED) is 0.815. The predicted molar refractivity (Wildman–Crippen MR) is 53.1 cm³/mol. The van der Waals surface area contributed by atoms with Gasteiger partial charge < -0.3 is 14.6 Å². The molecule has 94 valence electrons. The molecule has 0 radical (unpaired) electrons. The molecule has 17 heavy (non-hydrogen) atoms. The molecule has 0 atom stereocenters. The molecule has 0 saturated heterocycles. The minimum atomic E-state index is -2.82. The van der Waals surface area contributed by atoms with Crippen LogP contribution in [0.3, 0.4) is 0 Å². The minimum Gasteiger partial charge on any atom is -0.503 e. The van der Waals surface area contributed by atoms with Crippen LogP contribution in [0.2, 0.25) is 0 Å². The summed E-state index contributed by atoms with van der Waals surface area (Å²) in [5, 5.41) is 9.60. The Bertz CT molecular complexity index is 423. The van der Waals surface area contributed by atoms with Gasteiger partial charge >= 0.3 is 5.97 Å². The van der Waals surface area contributed by atoms with Gasteiger partial charge in [0.15, 0.2) is 11.5 Å². The molecule has 1 aromatic rings. The largest absolute Gasteiger partial charge is 0.503 e. The average Bonchev–Trinajstić information content (AvgIpc) is 2.31. The molecule has 1 aromatic heterocycles. The third-order valence-electron chi connectivity index (χ3n) is 2.03. The smallest absolute Gasteiger partial charge is 0.311 e. The van der Waals surface area contributed by atoms with Crippen LogP contribution in [0.5, 0.6) is 11.5 Å². The van der Waals surface area contributed by atoms with Gasteiger partial charge in [0.2, 0.25) is 0 Å². The number of ether oxygens (including phenoxy) is 2. The molecule has 7 heteroatoms. The molecule has 0 spiro atoms. The third-order valence-corrected chi connectivity index (χ3v) is 2.03. The summed E-state index contributed by atoms with van der Waals surface area (Å²) in [7, 11) is 2.36. The number of carbonyl (C=O) groups excluding carboxylic acids is 1. The van der Waals surface area contributed by atoms with Crippen LogP contribution in [0.15, 0.2) is 6.07 Å². The van der Waals surface area contributed by atoms with E-state index in [1.807, 2.05) is 0 Å². The van der Waals surface area contributed by atoms with Crippen molar-refractivity contribution < 1.29 is 28.2 Å². The van der Waals surface area contributed by atoms with E-state index in [0.29, 0.717) is 0 Å². The zero-order chi connectivity index (χ0) is 13.0. The summed E-state index contributed by atoms with van der Waals surface area (Å²) >= 11 is 0. The topological polar surface area (TPSA) is 68.7 Å². The summed E-state index contributed by atoms with van der Waals surface area (Å²) in [6.07, 6.45) is -3.22. The van der Waals surface area contributed by atoms with Gasteiger partial charge in [-0.3, -0.25) is 4.79 Å². The molecule has 1 heterocycles. The van der Waals surface area contributed by atoms with Crippen LogP contribution < -0.4 is 4.74 Å². The molecule has 0 amide bonds. The molecule has 0 aliphatic rings. The van der Waals surface area contributed by atoms with Crippen molar-refractivity contribution in [3.63, 3.8) is 0 Å². The van der Waals surface area contributed by atoms with E-state index in [9.17, 15) is 18.7 Å². The van der Waals surface area contributed by atoms with Gasteiger partial charge in [0.1, 0.15) is 5.69 Å². The molecule has 0 fully saturated rings. The number of hydrogen-bond donors (Lipinski definition) is 1. The Morgan fingerprint density at radius 2 is 2.18 bits per heavy atom. The zero-order valence-electron chi connectivity index (χ0n) is 9.24. The van der Waals surface area contributed by atoms with Crippen LogP contribution in [0.1, 0.15) is 17.8 Å². The number of nitrogens with zero attached hydrogens (tertiary/aromatic N) is 1. The molecule has 1 N–H and O–H groups in total. The fraction of sp³-hybridized carbons (Fsp3) is 0.400. The van der Waals surface area contributed by atoms with E-state index in [4.69, 9.17) is 4.74 Å². The first-order valence-electron chi connectivity index (χ1n) is 4.61. The van der Waals surface area contributed by atoms with E-state index >= 15 is 0 Å². The van der Waals surface area contributed by atoms with Crippen molar-refractivity contribution in [1.29, 1.82) is 0 Å². The van der Waals surface area contributed by atoms with Gasteiger partial charge in [-0.2, -0.15) is 0 Å². The Hall–Kier alpha value is -1.92. The first-order valence-corrected chi connectivity index (χ1v) is 4.61. The van der Waals surface area contributed by atoms with Crippen molar-refractivity contribution in [1.82, 2.24) is 4.98 Å². The Balaban J connectivity index is 3.17. The number of carbonyl (C=O) groups is 1. The number of rotatable bonds is 4. The lowest BCUT2D eigenvalue weighted by Gasteiger charge is -2.10. The van der Waals surface area contributed by atoms with Crippen LogP contribution in [-0.2, 0) is 16.0 Å². The molecular weight excluding hydrogens is 236 g/mol. The van der Waals surface area contributed by atoms with Crippen LogP contribution in [0, 0.1) is 0 Å². The summed E-state index contributed by atoms with van der Waals surface area (Å²) in [5.41, 5.74) is -0.773. The maximum Gasteiger partial charge on any atom is 0.311 e. The SMILES string of the molecule is COC(=O)Cc1nc(C(F)F)cc(OC)c1O. The Kier molecular flexibility index (Phi) is 4.19. The second-order valence-electron chi connectivity index (χ2n) is 3.10. The van der Waals surface area contributed by atoms with E-state index in [2.05, 4.69) is 9.72 Å². The lowest BCUT2D eigenvalue weighted by atomic mass is 10.2. The van der Waals surface area contributed by atoms with Crippen molar-refractivity contribution in [3.8, 4) is 11.5 Å². The molecular formula is C10H11F2NO4. The summed E-state index contributed by atoms with van der Waals surface area (Å²) in [6.45, 7) is 0. The molecule has 0 bridgehead atoms. The molecule has 0 aliphatic heterocycles. The first-order chi connectivity index (χ1) is 7.99. The average molecular weight is 247 g/mol. The van der Waals surface area contributed by atoms with Gasteiger partial charge in [0.25, 0.3) is 6.43 Å². The summed E-state index contributed by atoms with van der Waals surface area (Å²) < 4.78 is 34.1. The van der Waals surface area contributed by atoms with Gasteiger partial charge in [-0.25, -0.2) is 13.8 Å². The van der Waals surface area contributed by atoms with Gasteiger partial charge in [-0.05, 0) is 0 Å². The molecule has 0 unspecified atom stereocenters. The Labute approximate surface area is 96.0 Å². The number of aromatic nitrogens is 1. The summed E-state index contributed by atoms with van der Waals surface area (Å²) in [4.78, 5) is 14.5. The molecule has 1 rings (SSSR count). The van der Waals surface area contributed by atoms with Crippen molar-refractivity contribution >= 4 is 5.97 Å². The lowest BCUT2D eigenvalue weighted by Crippen LogP contribution is -2.08. The Morgan fingerprint density at radius 3 is 2.65 bits per heavy atom. The van der Waals surface area contributed by atoms with E-state index in [-0.39, 0.29) is 11.4 Å². The van der Waals surface area contributed by atoms with Gasteiger partial charge in [-0.15, -0.1) is 0 Å². The van der Waals surface area contributed by atoms with Crippen LogP contribution in [0.4, 0.5) is 8.78 Å². The maximum absolute atomic E-state index is 12.5. The maximum atomic E-state index is 12.5. The normalized spacial score (nSPS) is 10.4. The highest BCUT2D eigenvalue weighted by Crippen LogP contribution is 2.32. The second kappa shape index (κ2) is 5.42. The van der Waals surface area contributed by atoms with Crippen LogP contribution in [0.25, 0.3) is 0 Å². The highest BCUT2D eigenvalue weighted by molar-refractivity contribution is 5.73. The van der Waals surface area contributed by atoms with Crippen molar-refractivity contribution in [2.75, 3.05) is 14.2 Å². The number of hydrogen-bond acceptors (Lipinski definition) is 5. The number of methoxy groups -OCH3 is 2. The van der Waals surface area contributed by atoms with Crippen molar-refractivity contribution in [2.24, 2.45) is 0 Å². The number of halogens is 2. The Morgan fingerprint density at radius 1 is 1.53 bits per heavy atom. The molecule has 5 nitrogen and oxygen atoms in total. The monoisotopic (exact) mass is 247 g/mol. The number of esters is 1. The van der Waals surface area contributed by atoms with Crippen LogP contribution >= 0.6 is 0 Å². The number of aromatic hydroxyl groups is 1. The van der Waals surface area contributed by atoms with E-state index in [0.717, 1.165) is 13.2 Å². The minimum absolute atomic E-state index is 0.158. The highest BCUT2D eigenvalue weighted by atomic mass is 19.3. The summed E-state index contributed by atoms with van der Waals surface area (Å²) in [6, 6.07) is 0.917. The van der Waals surface area contributed by atoms with E-state index < -0.39 is 30.3 Å². The highest BCUT2D eigenvalue weighted by Gasteiger charge is 2.19. The van der Waals surface area contributed by atoms with Crippen molar-refractivity contribution in [3.05, 3.63) is 17.5 Å². The fourth-order valence-electron chi connectivity index (χ4n) is 1.19. The van der Waals surface area contributed by atoms with Gasteiger partial charge in [-0.1, -0.05) is 0 Å². The van der Waals surface area contributed by atoms with Crippen LogP contribution in [-0.4, -0.2) is 30.3 Å². The van der Waals surface area contributed by atoms with E-state index in [1.165, 1.54) is 7.11 Å². The van der Waals surface area contributed by atoms with E-state index in [1.54, 1.807) is 0 Å².